The van der Waals surface area contributed by atoms with Gasteiger partial charge in [-0.1, -0.05) is 0 Å². The fourth-order valence-electron chi connectivity index (χ4n) is 2.71. The Kier molecular flexibility index (Phi) is 5.45. The fraction of sp³-hybridized carbons (Fsp3) is 0.571. The highest BCUT2D eigenvalue weighted by atomic mass is 19.4. The standard InChI is InChI=1S/C14H15F4N3O6/c1-6(22)26-8-3-9(21-5-7(15)11(19)20-12(21)24)27-13(8,14(16,17)18)4-10(23)25-2/h5,8-9H,3-4H2,1-2H3,(H2,19,20,24)/t8-,9+,13+/m0/s1. The van der Waals surface area contributed by atoms with E-state index < -0.39 is 66.2 Å². The summed E-state index contributed by atoms with van der Waals surface area (Å²) >= 11 is 0. The van der Waals surface area contributed by atoms with Crippen molar-refractivity contribution >= 4 is 17.8 Å². The summed E-state index contributed by atoms with van der Waals surface area (Å²) in [6.45, 7) is 0.864. The number of nitrogens with two attached hydrogens (primary N) is 1. The lowest BCUT2D eigenvalue weighted by Gasteiger charge is -2.34. The molecule has 0 radical (unpaired) electrons. The van der Waals surface area contributed by atoms with Crippen LogP contribution in [0.15, 0.2) is 11.0 Å². The molecule has 13 heteroatoms. The van der Waals surface area contributed by atoms with Crippen LogP contribution in [0.25, 0.3) is 0 Å². The number of aromatic nitrogens is 2. The molecule has 1 aromatic rings. The highest BCUT2D eigenvalue weighted by molar-refractivity contribution is 5.71. The third-order valence-electron chi connectivity index (χ3n) is 3.95. The Labute approximate surface area is 149 Å². The Morgan fingerprint density at radius 3 is 2.63 bits per heavy atom. The van der Waals surface area contributed by atoms with E-state index >= 15 is 0 Å². The Morgan fingerprint density at radius 2 is 2.11 bits per heavy atom. The number of esters is 2. The molecular weight excluding hydrogens is 382 g/mol. The van der Waals surface area contributed by atoms with E-state index in [9.17, 15) is 31.9 Å². The maximum atomic E-state index is 13.8. The highest BCUT2D eigenvalue weighted by Crippen LogP contribution is 2.50. The summed E-state index contributed by atoms with van der Waals surface area (Å²) < 4.78 is 69.5. The van der Waals surface area contributed by atoms with Crippen molar-refractivity contribution in [1.29, 1.82) is 0 Å². The molecule has 0 aromatic carbocycles. The molecule has 9 nitrogen and oxygen atoms in total. The number of carbonyl (C=O) groups is 2. The molecule has 3 atom stereocenters. The number of nitrogen functional groups attached to an aromatic ring is 1. The van der Waals surface area contributed by atoms with Crippen molar-refractivity contribution in [2.45, 2.75) is 43.9 Å². The zero-order valence-electron chi connectivity index (χ0n) is 14.1. The fourth-order valence-corrected chi connectivity index (χ4v) is 2.71. The first-order chi connectivity index (χ1) is 12.4. The minimum absolute atomic E-state index is 0.437. The number of carbonyl (C=O) groups excluding carboxylic acids is 2. The number of ether oxygens (including phenoxy) is 3. The van der Waals surface area contributed by atoms with Gasteiger partial charge in [0.2, 0.25) is 5.60 Å². The van der Waals surface area contributed by atoms with E-state index in [0.29, 0.717) is 10.8 Å². The van der Waals surface area contributed by atoms with Crippen molar-refractivity contribution in [3.63, 3.8) is 0 Å². The van der Waals surface area contributed by atoms with Crippen molar-refractivity contribution in [2.75, 3.05) is 12.8 Å². The summed E-state index contributed by atoms with van der Waals surface area (Å²) in [4.78, 5) is 37.9. The molecule has 0 aliphatic carbocycles. The lowest BCUT2D eigenvalue weighted by atomic mass is 9.91. The summed E-state index contributed by atoms with van der Waals surface area (Å²) in [5, 5.41) is 0. The first-order valence-electron chi connectivity index (χ1n) is 7.44. The van der Waals surface area contributed by atoms with Crippen molar-refractivity contribution in [3.05, 3.63) is 22.5 Å². The second-order valence-electron chi connectivity index (χ2n) is 5.71. The molecule has 27 heavy (non-hydrogen) atoms. The van der Waals surface area contributed by atoms with Gasteiger partial charge in [-0.15, -0.1) is 0 Å². The van der Waals surface area contributed by atoms with Crippen LogP contribution in [-0.2, 0) is 23.8 Å². The van der Waals surface area contributed by atoms with Gasteiger partial charge in [-0.3, -0.25) is 14.2 Å². The SMILES string of the molecule is COC(=O)C[C@@]1(C(F)(F)F)O[C@@H](n2cc(F)c(N)nc2=O)C[C@@H]1OC(C)=O. The van der Waals surface area contributed by atoms with Gasteiger partial charge in [0.1, 0.15) is 12.3 Å². The maximum Gasteiger partial charge on any atom is 0.421 e. The molecule has 1 aromatic heterocycles. The lowest BCUT2D eigenvalue weighted by molar-refractivity contribution is -0.299. The van der Waals surface area contributed by atoms with E-state index in [1.807, 2.05) is 0 Å². The van der Waals surface area contributed by atoms with Gasteiger partial charge in [-0.05, 0) is 0 Å². The molecule has 0 saturated carbocycles. The molecule has 2 N–H and O–H groups in total. The molecule has 1 fully saturated rings. The van der Waals surface area contributed by atoms with Crippen LogP contribution in [0, 0.1) is 5.82 Å². The summed E-state index contributed by atoms with van der Waals surface area (Å²) in [7, 11) is 0.865. The maximum absolute atomic E-state index is 13.8. The largest absolute Gasteiger partial charge is 0.469 e. The predicted molar refractivity (Wildman–Crippen MR) is 78.6 cm³/mol. The topological polar surface area (TPSA) is 123 Å². The zero-order chi connectivity index (χ0) is 20.6. The van der Waals surface area contributed by atoms with Crippen molar-refractivity contribution in [3.8, 4) is 0 Å². The summed E-state index contributed by atoms with van der Waals surface area (Å²) in [5.41, 5.74) is 0.655. The molecule has 1 aliphatic heterocycles. The quantitative estimate of drug-likeness (QED) is 0.581. The number of anilines is 1. The van der Waals surface area contributed by atoms with Crippen LogP contribution in [0.2, 0.25) is 0 Å². The third kappa shape index (κ3) is 3.86. The molecule has 0 bridgehead atoms. The average molecular weight is 397 g/mol. The summed E-state index contributed by atoms with van der Waals surface area (Å²) in [5.74, 6) is -4.28. The second kappa shape index (κ2) is 7.13. The van der Waals surface area contributed by atoms with Gasteiger partial charge in [0, 0.05) is 13.3 Å². The molecule has 2 rings (SSSR count). The van der Waals surface area contributed by atoms with Crippen LogP contribution in [0.3, 0.4) is 0 Å². The van der Waals surface area contributed by atoms with Crippen molar-refractivity contribution in [2.24, 2.45) is 0 Å². The van der Waals surface area contributed by atoms with Crippen LogP contribution in [-0.4, -0.2) is 46.5 Å². The van der Waals surface area contributed by atoms with E-state index in [1.54, 1.807) is 0 Å². The molecule has 0 unspecified atom stereocenters. The predicted octanol–water partition coefficient (Wildman–Crippen LogP) is 0.679. The number of halogens is 4. The molecule has 1 aliphatic rings. The third-order valence-corrected chi connectivity index (χ3v) is 3.95. The average Bonchev–Trinajstić information content (AvgIpc) is 2.89. The lowest BCUT2D eigenvalue weighted by Crippen LogP contribution is -2.55. The second-order valence-corrected chi connectivity index (χ2v) is 5.71. The number of hydrogen-bond donors (Lipinski definition) is 1. The number of nitrogens with zero attached hydrogens (tertiary/aromatic N) is 2. The van der Waals surface area contributed by atoms with E-state index in [0.717, 1.165) is 14.0 Å². The molecular formula is C14H15F4N3O6. The molecule has 0 spiro atoms. The minimum atomic E-state index is -5.19. The smallest absolute Gasteiger partial charge is 0.421 e. The molecule has 2 heterocycles. The number of hydrogen-bond acceptors (Lipinski definition) is 8. The molecule has 0 amide bonds. The Morgan fingerprint density at radius 1 is 1.48 bits per heavy atom. The van der Waals surface area contributed by atoms with E-state index in [1.165, 1.54) is 0 Å². The molecule has 1 saturated heterocycles. The van der Waals surface area contributed by atoms with Crippen LogP contribution in [0.4, 0.5) is 23.4 Å². The summed E-state index contributed by atoms with van der Waals surface area (Å²) in [6, 6.07) is 0. The number of rotatable bonds is 4. The number of methoxy groups -OCH3 is 1. The first kappa shape index (κ1) is 20.6. The van der Waals surface area contributed by atoms with Crippen LogP contribution in [0.5, 0.6) is 0 Å². The Bertz CT molecular complexity index is 811. The van der Waals surface area contributed by atoms with Gasteiger partial charge in [0.25, 0.3) is 0 Å². The Balaban J connectivity index is 2.54. The van der Waals surface area contributed by atoms with Gasteiger partial charge >= 0.3 is 23.8 Å². The Hall–Kier alpha value is -2.70. The van der Waals surface area contributed by atoms with E-state index in [2.05, 4.69) is 9.72 Å². The van der Waals surface area contributed by atoms with Gasteiger partial charge < -0.3 is 19.9 Å². The van der Waals surface area contributed by atoms with Crippen LogP contribution in [0.1, 0.15) is 26.0 Å². The van der Waals surface area contributed by atoms with Crippen LogP contribution < -0.4 is 11.4 Å². The van der Waals surface area contributed by atoms with Crippen molar-refractivity contribution < 1.29 is 41.4 Å². The van der Waals surface area contributed by atoms with Gasteiger partial charge in [0.15, 0.2) is 11.6 Å². The normalized spacial score (nSPS) is 25.3. The highest BCUT2D eigenvalue weighted by Gasteiger charge is 2.68. The van der Waals surface area contributed by atoms with Gasteiger partial charge in [-0.25, -0.2) is 9.18 Å². The first-order valence-corrected chi connectivity index (χ1v) is 7.44. The zero-order valence-corrected chi connectivity index (χ0v) is 14.1. The molecule has 150 valence electrons. The monoisotopic (exact) mass is 397 g/mol. The number of alkyl halides is 3. The van der Waals surface area contributed by atoms with Gasteiger partial charge in [0.05, 0.1) is 19.7 Å². The van der Waals surface area contributed by atoms with E-state index in [4.69, 9.17) is 15.2 Å². The van der Waals surface area contributed by atoms with Crippen LogP contribution >= 0.6 is 0 Å². The van der Waals surface area contributed by atoms with Crippen molar-refractivity contribution in [1.82, 2.24) is 9.55 Å². The summed E-state index contributed by atoms with van der Waals surface area (Å²) in [6.07, 6.45) is -10.4. The van der Waals surface area contributed by atoms with Gasteiger partial charge in [-0.2, -0.15) is 18.2 Å². The minimum Gasteiger partial charge on any atom is -0.469 e. The van der Waals surface area contributed by atoms with E-state index in [-0.39, 0.29) is 0 Å².